The average molecular weight is 348 g/mol. The zero-order chi connectivity index (χ0) is 17.6. The van der Waals surface area contributed by atoms with Gasteiger partial charge in [0.05, 0.1) is 0 Å². The minimum atomic E-state index is 0.569. The van der Waals surface area contributed by atoms with Gasteiger partial charge in [-0.3, -0.25) is 0 Å². The van der Waals surface area contributed by atoms with Gasteiger partial charge in [0, 0.05) is 24.4 Å². The lowest BCUT2D eigenvalue weighted by molar-refractivity contribution is 0.171. The third-order valence-electron chi connectivity index (χ3n) is 4.04. The average Bonchev–Trinajstić information content (AvgIpc) is 2.69. The summed E-state index contributed by atoms with van der Waals surface area (Å²) in [6.07, 6.45) is 2.49. The first-order valence-electron chi connectivity index (χ1n) is 8.63. The van der Waals surface area contributed by atoms with Crippen molar-refractivity contribution < 1.29 is 9.47 Å². The van der Waals surface area contributed by atoms with Gasteiger partial charge >= 0.3 is 0 Å². The van der Waals surface area contributed by atoms with E-state index in [9.17, 15) is 0 Å². The summed E-state index contributed by atoms with van der Waals surface area (Å²) < 4.78 is 11.2. The maximum absolute atomic E-state index is 5.61. The third-order valence-corrected chi connectivity index (χ3v) is 4.04. The molecule has 0 atom stereocenters. The first-order valence-corrected chi connectivity index (χ1v) is 8.63. The highest BCUT2D eigenvalue weighted by atomic mass is 16.6. The smallest absolute Gasteiger partial charge is 0.163 e. The SMILES string of the molecule is c1ccc(CCNc2cc(Nc3ccc4c(c3)OCCO4)ncn2)cc1. The Hall–Kier alpha value is -3.28. The molecule has 0 aliphatic carbocycles. The van der Waals surface area contributed by atoms with Crippen molar-refractivity contribution in [3.63, 3.8) is 0 Å². The molecule has 1 aliphatic heterocycles. The van der Waals surface area contributed by atoms with Gasteiger partial charge in [-0.25, -0.2) is 9.97 Å². The third kappa shape index (κ3) is 4.03. The zero-order valence-electron chi connectivity index (χ0n) is 14.3. The molecule has 0 amide bonds. The summed E-state index contributed by atoms with van der Waals surface area (Å²) in [5.74, 6) is 3.03. The van der Waals surface area contributed by atoms with E-state index < -0.39 is 0 Å². The molecule has 0 spiro atoms. The first kappa shape index (κ1) is 16.2. The van der Waals surface area contributed by atoms with Crippen molar-refractivity contribution in [2.24, 2.45) is 0 Å². The molecule has 6 nitrogen and oxygen atoms in total. The number of rotatable bonds is 6. The number of nitrogens with one attached hydrogen (secondary N) is 2. The Labute approximate surface area is 152 Å². The summed E-state index contributed by atoms with van der Waals surface area (Å²) in [5, 5.41) is 6.61. The fourth-order valence-corrected chi connectivity index (χ4v) is 2.77. The minimum absolute atomic E-state index is 0.569. The summed E-state index contributed by atoms with van der Waals surface area (Å²) in [7, 11) is 0. The van der Waals surface area contributed by atoms with Gasteiger partial charge in [0.2, 0.25) is 0 Å². The molecule has 2 aromatic carbocycles. The monoisotopic (exact) mass is 348 g/mol. The van der Waals surface area contributed by atoms with Crippen molar-refractivity contribution in [2.75, 3.05) is 30.4 Å². The molecule has 6 heteroatoms. The van der Waals surface area contributed by atoms with Crippen LogP contribution in [-0.2, 0) is 6.42 Å². The molecule has 0 saturated carbocycles. The molecular weight excluding hydrogens is 328 g/mol. The lowest BCUT2D eigenvalue weighted by atomic mass is 10.1. The molecule has 0 unspecified atom stereocenters. The standard InChI is InChI=1S/C20H20N4O2/c1-2-4-15(5-3-1)8-9-21-19-13-20(23-14-22-19)24-16-6-7-17-18(12-16)26-11-10-25-17/h1-7,12-14H,8-11H2,(H2,21,22,23,24). The predicted octanol–water partition coefficient (Wildman–Crippen LogP) is 3.65. The highest BCUT2D eigenvalue weighted by Crippen LogP contribution is 2.33. The van der Waals surface area contributed by atoms with Crippen LogP contribution in [0.2, 0.25) is 0 Å². The van der Waals surface area contributed by atoms with Gasteiger partial charge in [-0.2, -0.15) is 0 Å². The molecule has 3 aromatic rings. The molecular formula is C20H20N4O2. The van der Waals surface area contributed by atoms with E-state index in [1.807, 2.05) is 30.3 Å². The lowest BCUT2D eigenvalue weighted by Crippen LogP contribution is -2.15. The van der Waals surface area contributed by atoms with Crippen LogP contribution in [-0.4, -0.2) is 29.7 Å². The predicted molar refractivity (Wildman–Crippen MR) is 101 cm³/mol. The van der Waals surface area contributed by atoms with Crippen molar-refractivity contribution >= 4 is 17.3 Å². The highest BCUT2D eigenvalue weighted by molar-refractivity contribution is 5.63. The van der Waals surface area contributed by atoms with Crippen LogP contribution in [0.15, 0.2) is 60.9 Å². The van der Waals surface area contributed by atoms with Crippen LogP contribution < -0.4 is 20.1 Å². The molecule has 1 aliphatic rings. The van der Waals surface area contributed by atoms with Crippen LogP contribution in [0.4, 0.5) is 17.3 Å². The molecule has 2 heterocycles. The van der Waals surface area contributed by atoms with Gasteiger partial charge in [0.1, 0.15) is 31.2 Å². The lowest BCUT2D eigenvalue weighted by Gasteiger charge is -2.19. The van der Waals surface area contributed by atoms with E-state index in [1.54, 1.807) is 6.33 Å². The number of fused-ring (bicyclic) bond motifs is 1. The van der Waals surface area contributed by atoms with Crippen LogP contribution in [0.3, 0.4) is 0 Å². The summed E-state index contributed by atoms with van der Waals surface area (Å²) in [6.45, 7) is 1.97. The molecule has 0 saturated heterocycles. The van der Waals surface area contributed by atoms with E-state index in [0.717, 1.165) is 41.8 Å². The maximum Gasteiger partial charge on any atom is 0.163 e. The Morgan fingerprint density at radius 2 is 1.65 bits per heavy atom. The van der Waals surface area contributed by atoms with Gasteiger partial charge in [-0.15, -0.1) is 0 Å². The maximum atomic E-state index is 5.61. The molecule has 2 N–H and O–H groups in total. The van der Waals surface area contributed by atoms with E-state index in [0.29, 0.717) is 13.2 Å². The number of nitrogens with zero attached hydrogens (tertiary/aromatic N) is 2. The Morgan fingerprint density at radius 3 is 2.54 bits per heavy atom. The Kier molecular flexibility index (Phi) is 4.82. The second kappa shape index (κ2) is 7.74. The summed E-state index contributed by atoms with van der Waals surface area (Å²) in [5.41, 5.74) is 2.19. The largest absolute Gasteiger partial charge is 0.486 e. The summed E-state index contributed by atoms with van der Waals surface area (Å²) in [6, 6.07) is 18.0. The van der Waals surface area contributed by atoms with E-state index in [-0.39, 0.29) is 0 Å². The van der Waals surface area contributed by atoms with E-state index in [1.165, 1.54) is 5.56 Å². The van der Waals surface area contributed by atoms with Crippen LogP contribution >= 0.6 is 0 Å². The van der Waals surface area contributed by atoms with Crippen LogP contribution in [0.1, 0.15) is 5.56 Å². The van der Waals surface area contributed by atoms with Crippen molar-refractivity contribution in [1.82, 2.24) is 9.97 Å². The van der Waals surface area contributed by atoms with Crippen molar-refractivity contribution in [1.29, 1.82) is 0 Å². The number of benzene rings is 2. The van der Waals surface area contributed by atoms with Gasteiger partial charge in [-0.1, -0.05) is 30.3 Å². The molecule has 0 fully saturated rings. The molecule has 0 radical (unpaired) electrons. The molecule has 0 bridgehead atoms. The van der Waals surface area contributed by atoms with E-state index >= 15 is 0 Å². The second-order valence-electron chi connectivity index (χ2n) is 5.93. The minimum Gasteiger partial charge on any atom is -0.486 e. The van der Waals surface area contributed by atoms with E-state index in [4.69, 9.17) is 9.47 Å². The topological polar surface area (TPSA) is 68.3 Å². The number of hydrogen-bond donors (Lipinski definition) is 2. The number of hydrogen-bond acceptors (Lipinski definition) is 6. The number of anilines is 3. The first-order chi connectivity index (χ1) is 12.9. The van der Waals surface area contributed by atoms with Gasteiger partial charge in [0.25, 0.3) is 0 Å². The number of aromatic nitrogens is 2. The Bertz CT molecular complexity index is 871. The van der Waals surface area contributed by atoms with E-state index in [2.05, 4.69) is 44.9 Å². The zero-order valence-corrected chi connectivity index (χ0v) is 14.3. The van der Waals surface area contributed by atoms with Gasteiger partial charge in [0.15, 0.2) is 11.5 Å². The summed E-state index contributed by atoms with van der Waals surface area (Å²) in [4.78, 5) is 8.55. The Balaban J connectivity index is 1.38. The summed E-state index contributed by atoms with van der Waals surface area (Å²) >= 11 is 0. The van der Waals surface area contributed by atoms with Crippen LogP contribution in [0.5, 0.6) is 11.5 Å². The van der Waals surface area contributed by atoms with Crippen LogP contribution in [0, 0.1) is 0 Å². The van der Waals surface area contributed by atoms with Gasteiger partial charge in [-0.05, 0) is 24.1 Å². The Morgan fingerprint density at radius 1 is 0.846 bits per heavy atom. The highest BCUT2D eigenvalue weighted by Gasteiger charge is 2.12. The van der Waals surface area contributed by atoms with Crippen LogP contribution in [0.25, 0.3) is 0 Å². The quantitative estimate of drug-likeness (QED) is 0.709. The normalized spacial score (nSPS) is 12.5. The fraction of sp³-hybridized carbons (Fsp3) is 0.200. The van der Waals surface area contributed by atoms with Crippen molar-refractivity contribution in [2.45, 2.75) is 6.42 Å². The van der Waals surface area contributed by atoms with Crippen molar-refractivity contribution in [3.05, 3.63) is 66.5 Å². The van der Waals surface area contributed by atoms with Crippen molar-refractivity contribution in [3.8, 4) is 11.5 Å². The fourth-order valence-electron chi connectivity index (χ4n) is 2.77. The molecule has 4 rings (SSSR count). The second-order valence-corrected chi connectivity index (χ2v) is 5.93. The molecule has 26 heavy (non-hydrogen) atoms. The molecule has 1 aromatic heterocycles. The number of ether oxygens (including phenoxy) is 2. The van der Waals surface area contributed by atoms with Gasteiger partial charge < -0.3 is 20.1 Å². The molecule has 132 valence electrons.